The van der Waals surface area contributed by atoms with Gasteiger partial charge in [0, 0.05) is 6.20 Å². The first kappa shape index (κ1) is 25.0. The van der Waals surface area contributed by atoms with Gasteiger partial charge in [0.1, 0.15) is 12.4 Å². The van der Waals surface area contributed by atoms with Crippen molar-refractivity contribution >= 4 is 39.1 Å². The summed E-state index contributed by atoms with van der Waals surface area (Å²) < 4.78 is 80.0. The summed E-state index contributed by atoms with van der Waals surface area (Å²) in [7, 11) is -10.1. The topological polar surface area (TPSA) is 81.2 Å². The molecule has 0 spiro atoms. The van der Waals surface area contributed by atoms with E-state index in [0.717, 1.165) is 34.5 Å². The normalized spacial score (nSPS) is 18.8. The Morgan fingerprint density at radius 3 is 2.51 bits per heavy atom. The molecule has 206 valence electrons. The highest BCUT2D eigenvalue weighted by atomic mass is 32.5. The number of aromatic nitrogens is 3. The van der Waals surface area contributed by atoms with Crippen molar-refractivity contribution < 1.29 is 32.9 Å². The van der Waals surface area contributed by atoms with Crippen molar-refractivity contribution in [1.29, 1.82) is 0 Å². The van der Waals surface area contributed by atoms with Crippen molar-refractivity contribution in [3.8, 4) is 11.4 Å². The van der Waals surface area contributed by atoms with Crippen molar-refractivity contribution in [2.75, 3.05) is 31.3 Å². The highest BCUT2D eigenvalue weighted by Gasteiger charge is 2.67. The molecule has 0 N–H and O–H groups in total. The predicted octanol–water partition coefficient (Wildman–Crippen LogP) is 6.42. The van der Waals surface area contributed by atoms with Gasteiger partial charge in [-0.05, 0) is 48.9 Å². The summed E-state index contributed by atoms with van der Waals surface area (Å²) in [5.41, 5.74) is 3.46. The molecular formula is C24H21F5N6O3S. The summed E-state index contributed by atoms with van der Waals surface area (Å²) in [6, 6.07) is 8.09. The fourth-order valence-electron chi connectivity index (χ4n) is 4.52. The van der Waals surface area contributed by atoms with Gasteiger partial charge in [-0.3, -0.25) is 15.0 Å². The van der Waals surface area contributed by atoms with Crippen LogP contribution in [0.1, 0.15) is 11.3 Å². The second-order valence-corrected chi connectivity index (χ2v) is 10.9. The lowest BCUT2D eigenvalue weighted by molar-refractivity contribution is 0.160. The zero-order chi connectivity index (χ0) is 27.5. The van der Waals surface area contributed by atoms with E-state index in [0.29, 0.717) is 49.1 Å². The molecule has 0 unspecified atom stereocenters. The number of morpholine rings is 1. The minimum atomic E-state index is -10.1. The summed E-state index contributed by atoms with van der Waals surface area (Å²) >= 11 is 0. The van der Waals surface area contributed by atoms with Crippen LogP contribution >= 0.6 is 10.5 Å². The van der Waals surface area contributed by atoms with Gasteiger partial charge in [0.2, 0.25) is 0 Å². The number of nitrogens with zero attached hydrogens (tertiary/aromatic N) is 6. The van der Waals surface area contributed by atoms with Crippen molar-refractivity contribution in [3.63, 3.8) is 0 Å². The van der Waals surface area contributed by atoms with Crippen LogP contribution in [0.3, 0.4) is 0 Å². The molecule has 0 bridgehead atoms. The second-order valence-electron chi connectivity index (χ2n) is 8.95. The second kappa shape index (κ2) is 8.11. The monoisotopic (exact) mass is 568 g/mol. The number of rotatable bonds is 5. The van der Waals surface area contributed by atoms with Crippen LogP contribution in [-0.4, -0.2) is 51.8 Å². The molecule has 6 rings (SSSR count). The zero-order valence-electron chi connectivity index (χ0n) is 20.3. The summed E-state index contributed by atoms with van der Waals surface area (Å²) in [4.78, 5) is 8.87. The molecule has 4 aromatic rings. The average molecular weight is 569 g/mol. The van der Waals surface area contributed by atoms with E-state index in [1.807, 2.05) is 45.9 Å². The summed E-state index contributed by atoms with van der Waals surface area (Å²) in [6.45, 7) is 3.41. The number of ether oxygens (including phenoxy) is 1. The Kier molecular flexibility index (Phi) is 5.21. The lowest BCUT2D eigenvalue weighted by atomic mass is 10.1. The highest BCUT2D eigenvalue weighted by molar-refractivity contribution is 8.42. The molecule has 0 atom stereocenters. The lowest BCUT2D eigenvalue weighted by Gasteiger charge is -2.44. The first-order valence-corrected chi connectivity index (χ1v) is 13.6. The quantitative estimate of drug-likeness (QED) is 0.257. The van der Waals surface area contributed by atoms with Gasteiger partial charge in [-0.25, -0.2) is 4.98 Å². The van der Waals surface area contributed by atoms with Crippen molar-refractivity contribution in [2.45, 2.75) is 6.92 Å². The van der Waals surface area contributed by atoms with Crippen molar-refractivity contribution in [3.05, 3.63) is 72.1 Å². The van der Waals surface area contributed by atoms with Gasteiger partial charge in [0.15, 0.2) is 17.2 Å². The molecule has 2 aromatic carbocycles. The third kappa shape index (κ3) is 5.21. The van der Waals surface area contributed by atoms with E-state index in [1.54, 1.807) is 12.5 Å². The SMILES string of the molecule is Cc1cn(-c2ccc(C=C3OCCN4C3=NCCN4c3ccc(OS(F)(F)(F)(F)F)cc3)c3cnoc23)cn1. The van der Waals surface area contributed by atoms with E-state index < -0.39 is 16.3 Å². The predicted molar refractivity (Wildman–Crippen MR) is 136 cm³/mol. The molecule has 0 radical (unpaired) electrons. The minimum absolute atomic E-state index is 0.311. The highest BCUT2D eigenvalue weighted by Crippen LogP contribution is 2.97. The zero-order valence-corrected chi connectivity index (χ0v) is 21.1. The van der Waals surface area contributed by atoms with Crippen LogP contribution in [0.15, 0.2) is 70.4 Å². The number of amidine groups is 1. The molecule has 4 heterocycles. The molecule has 0 saturated carbocycles. The first-order valence-electron chi connectivity index (χ1n) is 11.7. The number of halogens is 5. The Balaban J connectivity index is 1.29. The van der Waals surface area contributed by atoms with Gasteiger partial charge in [-0.1, -0.05) is 30.7 Å². The summed E-state index contributed by atoms with van der Waals surface area (Å²) in [5, 5.41) is 8.36. The average Bonchev–Trinajstić information content (AvgIpc) is 3.53. The van der Waals surface area contributed by atoms with Crippen LogP contribution in [0.5, 0.6) is 5.75 Å². The van der Waals surface area contributed by atoms with Crippen LogP contribution in [0.25, 0.3) is 22.7 Å². The van der Waals surface area contributed by atoms with Crippen molar-refractivity contribution in [2.24, 2.45) is 4.99 Å². The van der Waals surface area contributed by atoms with Gasteiger partial charge in [-0.15, -0.1) is 0 Å². The van der Waals surface area contributed by atoms with Gasteiger partial charge in [-0.2, -0.15) is 0 Å². The van der Waals surface area contributed by atoms with Gasteiger partial charge in [0.25, 0.3) is 0 Å². The Morgan fingerprint density at radius 2 is 1.79 bits per heavy atom. The number of benzene rings is 2. The van der Waals surface area contributed by atoms with Crippen LogP contribution in [0.4, 0.5) is 25.1 Å². The van der Waals surface area contributed by atoms with E-state index in [9.17, 15) is 19.4 Å². The molecule has 0 amide bonds. The Hall–Kier alpha value is -4.27. The first-order chi connectivity index (χ1) is 18.3. The molecule has 2 aliphatic heterocycles. The minimum Gasteiger partial charge on any atom is -0.488 e. The molecule has 39 heavy (non-hydrogen) atoms. The fourth-order valence-corrected chi connectivity index (χ4v) is 5.00. The maximum absolute atomic E-state index is 12.7. The number of fused-ring (bicyclic) bond motifs is 2. The van der Waals surface area contributed by atoms with E-state index in [-0.39, 0.29) is 0 Å². The molecule has 1 saturated heterocycles. The Bertz CT molecular complexity index is 1630. The maximum atomic E-state index is 12.7. The Morgan fingerprint density at radius 1 is 1.00 bits per heavy atom. The third-order valence-corrected chi connectivity index (χ3v) is 6.60. The van der Waals surface area contributed by atoms with Crippen LogP contribution in [0.2, 0.25) is 0 Å². The van der Waals surface area contributed by atoms with Crippen LogP contribution in [0, 0.1) is 6.92 Å². The third-order valence-electron chi connectivity index (χ3n) is 6.09. The summed E-state index contributed by atoms with van der Waals surface area (Å²) in [6.07, 6.45) is 6.99. The smallest absolute Gasteiger partial charge is 0.435 e. The largest absolute Gasteiger partial charge is 0.488 e. The summed E-state index contributed by atoms with van der Waals surface area (Å²) in [5.74, 6) is 0.0257. The number of hydrogen-bond donors (Lipinski definition) is 0. The van der Waals surface area contributed by atoms with Gasteiger partial charge >= 0.3 is 10.5 Å². The van der Waals surface area contributed by atoms with Crippen molar-refractivity contribution in [1.82, 2.24) is 19.7 Å². The van der Waals surface area contributed by atoms with E-state index >= 15 is 0 Å². The van der Waals surface area contributed by atoms with Gasteiger partial charge < -0.3 is 18.0 Å². The molecular weight excluding hydrogens is 547 g/mol. The number of imidazole rings is 1. The standard InChI is InChI=1S/C24H21F5N6O3S/c1-16-14-33(15-31-16)21-7-2-17(20-13-32-37-23(20)21)12-22-24-30-8-9-34(35(24)10-11-36-22)18-3-5-19(6-4-18)38-39(25,26,27,28)29/h2-7,12-15H,8-11H2,1H3. The van der Waals surface area contributed by atoms with E-state index in [2.05, 4.69) is 19.3 Å². The number of anilines is 1. The molecule has 0 aliphatic carbocycles. The molecule has 1 fully saturated rings. The Labute approximate surface area is 218 Å². The van der Waals surface area contributed by atoms with E-state index in [1.165, 1.54) is 12.1 Å². The van der Waals surface area contributed by atoms with Gasteiger partial charge in [0.05, 0.1) is 54.6 Å². The maximum Gasteiger partial charge on any atom is 0.435 e. The molecule has 15 heteroatoms. The number of aryl methyl sites for hydroxylation is 1. The molecule has 2 aromatic heterocycles. The molecule has 9 nitrogen and oxygen atoms in total. The van der Waals surface area contributed by atoms with Crippen LogP contribution in [-0.2, 0) is 4.74 Å². The lowest BCUT2D eigenvalue weighted by Crippen LogP contribution is -2.55. The molecule has 2 aliphatic rings. The van der Waals surface area contributed by atoms with E-state index in [4.69, 9.17) is 9.26 Å². The number of aliphatic imine (C=N–C) groups is 1. The number of hydrazine groups is 1. The number of hydrogen-bond acceptors (Lipinski definition) is 8. The van der Waals surface area contributed by atoms with Crippen LogP contribution < -0.4 is 9.19 Å². The fraction of sp³-hybridized carbons (Fsp3) is 0.208.